The van der Waals surface area contributed by atoms with Gasteiger partial charge in [-0.3, -0.25) is 4.57 Å². The number of anilines is 4. The topological polar surface area (TPSA) is 94.5 Å². The first kappa shape index (κ1) is 26.4. The van der Waals surface area contributed by atoms with Crippen LogP contribution in [0.2, 0.25) is 0 Å². The first-order chi connectivity index (χ1) is 19.3. The molecule has 3 aromatic rings. The number of hydrogen-bond donors (Lipinski definition) is 2. The third kappa shape index (κ3) is 5.55. The number of halogens is 3. The number of carbonyl (C=O) groups is 1. The molecule has 2 aromatic heterocycles. The fourth-order valence-electron chi connectivity index (χ4n) is 5.23. The van der Waals surface area contributed by atoms with Crippen molar-refractivity contribution >= 4 is 29.2 Å². The number of amides is 1. The Hall–Kier alpha value is -3.87. The van der Waals surface area contributed by atoms with Gasteiger partial charge in [0.05, 0.1) is 6.54 Å². The third-order valence-electron chi connectivity index (χ3n) is 7.68. The van der Waals surface area contributed by atoms with E-state index in [4.69, 9.17) is 0 Å². The Bertz CT molecular complexity index is 1380. The minimum atomic E-state index is -4.61. The summed E-state index contributed by atoms with van der Waals surface area (Å²) >= 11 is 0. The lowest BCUT2D eigenvalue weighted by Gasteiger charge is -2.34. The number of nitrogens with zero attached hydrogens (tertiary/aromatic N) is 7. The van der Waals surface area contributed by atoms with Crippen LogP contribution >= 0.6 is 0 Å². The molecule has 0 radical (unpaired) electrons. The van der Waals surface area contributed by atoms with Crippen LogP contribution in [0.15, 0.2) is 36.8 Å². The highest BCUT2D eigenvalue weighted by molar-refractivity contribution is 5.79. The van der Waals surface area contributed by atoms with Crippen LogP contribution in [0.3, 0.4) is 0 Å². The van der Waals surface area contributed by atoms with Crippen molar-refractivity contribution in [3.8, 4) is 0 Å². The van der Waals surface area contributed by atoms with E-state index in [1.807, 2.05) is 6.07 Å². The average molecular weight is 556 g/mol. The molecule has 1 saturated carbocycles. The van der Waals surface area contributed by atoms with Crippen molar-refractivity contribution in [3.63, 3.8) is 0 Å². The molecule has 1 saturated heterocycles. The summed E-state index contributed by atoms with van der Waals surface area (Å²) in [5, 5.41) is 6.00. The van der Waals surface area contributed by atoms with Gasteiger partial charge in [0.15, 0.2) is 0 Å². The Morgan fingerprint density at radius 2 is 1.90 bits per heavy atom. The summed E-state index contributed by atoms with van der Waals surface area (Å²) in [4.78, 5) is 31.0. The molecule has 1 amide bonds. The second-order valence-electron chi connectivity index (χ2n) is 10.6. The van der Waals surface area contributed by atoms with Crippen LogP contribution < -0.4 is 15.5 Å². The van der Waals surface area contributed by atoms with Gasteiger partial charge < -0.3 is 25.3 Å². The van der Waals surface area contributed by atoms with Crippen molar-refractivity contribution in [2.45, 2.75) is 37.9 Å². The van der Waals surface area contributed by atoms with Crippen LogP contribution in [0.5, 0.6) is 0 Å². The maximum absolute atomic E-state index is 13.7. The number of imidazole rings is 1. The van der Waals surface area contributed by atoms with Crippen molar-refractivity contribution < 1.29 is 18.0 Å². The maximum Gasteiger partial charge on any atom is 0.421 e. The zero-order valence-corrected chi connectivity index (χ0v) is 22.3. The molecular formula is C27H32F3N9O. The number of piperazine rings is 1. The minimum absolute atomic E-state index is 0.102. The lowest BCUT2D eigenvalue weighted by molar-refractivity contribution is -0.137. The van der Waals surface area contributed by atoms with Gasteiger partial charge in [-0.05, 0) is 56.0 Å². The van der Waals surface area contributed by atoms with E-state index < -0.39 is 11.7 Å². The van der Waals surface area contributed by atoms with E-state index in [-0.39, 0.29) is 24.3 Å². The summed E-state index contributed by atoms with van der Waals surface area (Å²) in [5.41, 5.74) is 2.19. The first-order valence-electron chi connectivity index (χ1n) is 13.6. The molecule has 0 bridgehead atoms. The fraction of sp³-hybridized carbons (Fsp3) is 0.481. The highest BCUT2D eigenvalue weighted by atomic mass is 19.4. The van der Waals surface area contributed by atoms with Gasteiger partial charge >= 0.3 is 12.2 Å². The minimum Gasteiger partial charge on any atom is -0.369 e. The Morgan fingerprint density at radius 1 is 1.10 bits per heavy atom. The number of likely N-dealkylation sites (N-methyl/N-ethyl adjacent to an activating group) is 1. The monoisotopic (exact) mass is 555 g/mol. The van der Waals surface area contributed by atoms with Crippen molar-refractivity contribution in [2.24, 2.45) is 0 Å². The van der Waals surface area contributed by atoms with Crippen molar-refractivity contribution in [1.82, 2.24) is 29.3 Å². The summed E-state index contributed by atoms with van der Waals surface area (Å²) < 4.78 is 42.7. The molecule has 212 valence electrons. The van der Waals surface area contributed by atoms with Crippen LogP contribution in [-0.4, -0.2) is 81.7 Å². The zero-order chi connectivity index (χ0) is 27.9. The van der Waals surface area contributed by atoms with E-state index in [1.165, 1.54) is 4.57 Å². The predicted molar refractivity (Wildman–Crippen MR) is 145 cm³/mol. The normalized spacial score (nSPS) is 17.9. The summed E-state index contributed by atoms with van der Waals surface area (Å²) in [6.45, 7) is 4.91. The molecule has 40 heavy (non-hydrogen) atoms. The maximum atomic E-state index is 13.7. The molecule has 0 unspecified atom stereocenters. The first-order valence-corrected chi connectivity index (χ1v) is 13.6. The summed E-state index contributed by atoms with van der Waals surface area (Å²) in [6, 6.07) is 6.05. The molecule has 1 aliphatic carbocycles. The molecule has 0 atom stereocenters. The van der Waals surface area contributed by atoms with E-state index in [2.05, 4.69) is 54.6 Å². The highest BCUT2D eigenvalue weighted by Crippen LogP contribution is 2.45. The molecule has 0 spiro atoms. The number of fused-ring (bicyclic) bond motifs is 1. The number of hydrogen-bond acceptors (Lipinski definition) is 8. The van der Waals surface area contributed by atoms with Crippen LogP contribution in [-0.2, 0) is 12.7 Å². The largest absolute Gasteiger partial charge is 0.421 e. The van der Waals surface area contributed by atoms with E-state index in [9.17, 15) is 18.0 Å². The lowest BCUT2D eigenvalue weighted by Crippen LogP contribution is -2.44. The molecule has 4 heterocycles. The molecule has 1 aromatic carbocycles. The second-order valence-corrected chi connectivity index (χ2v) is 10.6. The quantitative estimate of drug-likeness (QED) is 0.377. The SMILES string of the molecule is CN1CCN(c2ccc(Nc3ncc(C(F)(F)F)c(NCCCN4Cc5nccn5C4=O)n3)c(C3CC3)c2)CC1. The van der Waals surface area contributed by atoms with Crippen LogP contribution in [0, 0.1) is 0 Å². The number of benzene rings is 1. The third-order valence-corrected chi connectivity index (χ3v) is 7.68. The number of rotatable bonds is 9. The molecule has 10 nitrogen and oxygen atoms in total. The van der Waals surface area contributed by atoms with Gasteiger partial charge in [0.2, 0.25) is 5.95 Å². The van der Waals surface area contributed by atoms with Crippen LogP contribution in [0.4, 0.5) is 41.1 Å². The Morgan fingerprint density at radius 3 is 2.62 bits per heavy atom. The smallest absolute Gasteiger partial charge is 0.369 e. The zero-order valence-electron chi connectivity index (χ0n) is 22.3. The van der Waals surface area contributed by atoms with E-state index in [1.54, 1.807) is 17.3 Å². The van der Waals surface area contributed by atoms with Gasteiger partial charge in [-0.2, -0.15) is 18.2 Å². The van der Waals surface area contributed by atoms with Gasteiger partial charge in [0.25, 0.3) is 0 Å². The van der Waals surface area contributed by atoms with Gasteiger partial charge in [-0.1, -0.05) is 0 Å². The summed E-state index contributed by atoms with van der Waals surface area (Å²) in [5.74, 6) is 0.899. The fourth-order valence-corrected chi connectivity index (χ4v) is 5.23. The van der Waals surface area contributed by atoms with Crippen molar-refractivity contribution in [3.05, 3.63) is 53.7 Å². The number of carbonyl (C=O) groups excluding carboxylic acids is 1. The number of aromatic nitrogens is 4. The summed E-state index contributed by atoms with van der Waals surface area (Å²) in [7, 11) is 2.12. The Balaban J connectivity index is 1.14. The molecule has 2 fully saturated rings. The van der Waals surface area contributed by atoms with E-state index >= 15 is 0 Å². The van der Waals surface area contributed by atoms with Gasteiger partial charge in [0, 0.05) is 69.2 Å². The van der Waals surface area contributed by atoms with Gasteiger partial charge in [-0.15, -0.1) is 0 Å². The molecular weight excluding hydrogens is 523 g/mol. The van der Waals surface area contributed by atoms with Crippen LogP contribution in [0.1, 0.15) is 42.1 Å². The van der Waals surface area contributed by atoms with Crippen LogP contribution in [0.25, 0.3) is 0 Å². The molecule has 6 rings (SSSR count). The highest BCUT2D eigenvalue weighted by Gasteiger charge is 2.36. The van der Waals surface area contributed by atoms with E-state index in [0.717, 1.165) is 62.2 Å². The molecule has 2 aliphatic heterocycles. The average Bonchev–Trinajstić information content (AvgIpc) is 3.60. The number of alkyl halides is 3. The lowest BCUT2D eigenvalue weighted by atomic mass is 10.1. The molecule has 2 N–H and O–H groups in total. The van der Waals surface area contributed by atoms with Crippen molar-refractivity contribution in [1.29, 1.82) is 0 Å². The van der Waals surface area contributed by atoms with Gasteiger partial charge in [0.1, 0.15) is 17.2 Å². The van der Waals surface area contributed by atoms with E-state index in [0.29, 0.717) is 31.3 Å². The molecule has 13 heteroatoms. The number of nitrogens with one attached hydrogen (secondary N) is 2. The standard InChI is InChI=1S/C27H32F3N9O/c1-36-11-13-37(14-12-36)19-5-6-22(20(15-19)18-3-4-18)34-25-33-16-21(27(28,29)30)24(35-25)32-7-2-9-38-17-23-31-8-10-39(23)26(38)40/h5-6,8,10,15-16,18H,2-4,7,9,11-14,17H2,1H3,(H2,32,33,34,35). The Kier molecular flexibility index (Phi) is 6.99. The Labute approximate surface area is 230 Å². The summed E-state index contributed by atoms with van der Waals surface area (Å²) in [6.07, 6.45) is 2.00. The second kappa shape index (κ2) is 10.6. The molecule has 3 aliphatic rings. The van der Waals surface area contributed by atoms with Gasteiger partial charge in [-0.25, -0.2) is 14.8 Å². The van der Waals surface area contributed by atoms with Crippen molar-refractivity contribution in [2.75, 3.05) is 61.8 Å². The predicted octanol–water partition coefficient (Wildman–Crippen LogP) is 4.35.